The maximum absolute atomic E-state index is 12.1. The summed E-state index contributed by atoms with van der Waals surface area (Å²) >= 11 is 0. The first-order valence-corrected chi connectivity index (χ1v) is 6.33. The van der Waals surface area contributed by atoms with Crippen LogP contribution in [0.2, 0.25) is 0 Å². The summed E-state index contributed by atoms with van der Waals surface area (Å²) in [6.07, 6.45) is 2.07. The normalized spacial score (nSPS) is 20.5. The van der Waals surface area contributed by atoms with Crippen LogP contribution < -0.4 is 0 Å². The van der Waals surface area contributed by atoms with Gasteiger partial charge in [0.2, 0.25) is 0 Å². The van der Waals surface area contributed by atoms with Gasteiger partial charge in [0.05, 0.1) is 6.10 Å². The Kier molecular flexibility index (Phi) is 5.40. The number of ether oxygens (including phenoxy) is 1. The number of likely N-dealkylation sites (N-methyl/N-ethyl adjacent to an activating group) is 2. The zero-order chi connectivity index (χ0) is 13.7. The van der Waals surface area contributed by atoms with Gasteiger partial charge >= 0.3 is 12.0 Å². The molecular weight excluding hydrogens is 236 g/mol. The van der Waals surface area contributed by atoms with Crippen LogP contribution >= 0.6 is 0 Å². The Morgan fingerprint density at radius 2 is 2.17 bits per heavy atom. The van der Waals surface area contributed by atoms with Gasteiger partial charge in [0.15, 0.2) is 0 Å². The summed E-state index contributed by atoms with van der Waals surface area (Å²) in [5.41, 5.74) is 0. The molecule has 1 fully saturated rings. The Labute approximate surface area is 107 Å². The van der Waals surface area contributed by atoms with E-state index in [4.69, 9.17) is 9.84 Å². The van der Waals surface area contributed by atoms with Gasteiger partial charge in [-0.2, -0.15) is 0 Å². The third-order valence-electron chi connectivity index (χ3n) is 3.34. The number of carboxylic acid groups (broad SMARTS) is 1. The molecule has 0 aromatic rings. The number of carbonyl (C=O) groups is 2. The zero-order valence-electron chi connectivity index (χ0n) is 11.3. The number of hydrogen-bond acceptors (Lipinski definition) is 3. The first kappa shape index (κ1) is 14.8. The number of nitrogens with zero attached hydrogens (tertiary/aromatic N) is 2. The molecule has 0 aromatic heterocycles. The highest BCUT2D eigenvalue weighted by Gasteiger charge is 2.27. The maximum atomic E-state index is 12.1. The van der Waals surface area contributed by atoms with E-state index in [-0.39, 0.29) is 12.1 Å². The van der Waals surface area contributed by atoms with Crippen molar-refractivity contribution in [2.75, 3.05) is 26.7 Å². The second-order valence-corrected chi connectivity index (χ2v) is 4.58. The molecule has 18 heavy (non-hydrogen) atoms. The van der Waals surface area contributed by atoms with Crippen molar-refractivity contribution in [3.63, 3.8) is 0 Å². The van der Waals surface area contributed by atoms with Crippen molar-refractivity contribution in [3.8, 4) is 0 Å². The highest BCUT2D eigenvalue weighted by molar-refractivity contribution is 5.82. The van der Waals surface area contributed by atoms with Crippen molar-refractivity contribution in [2.45, 2.75) is 38.8 Å². The highest BCUT2D eigenvalue weighted by atomic mass is 16.5. The number of carbonyl (C=O) groups excluding carboxylic acids is 1. The summed E-state index contributed by atoms with van der Waals surface area (Å²) in [5, 5.41) is 8.90. The Bertz CT molecular complexity index is 302. The molecule has 1 heterocycles. The first-order valence-electron chi connectivity index (χ1n) is 6.33. The fourth-order valence-electron chi connectivity index (χ4n) is 1.93. The Morgan fingerprint density at radius 1 is 1.50 bits per heavy atom. The molecule has 6 nitrogen and oxygen atoms in total. The fraction of sp³-hybridized carbons (Fsp3) is 0.833. The Morgan fingerprint density at radius 3 is 2.61 bits per heavy atom. The van der Waals surface area contributed by atoms with Crippen molar-refractivity contribution in [1.82, 2.24) is 9.80 Å². The average Bonchev–Trinajstić information content (AvgIpc) is 2.85. The molecule has 1 aliphatic heterocycles. The van der Waals surface area contributed by atoms with Crippen molar-refractivity contribution < 1.29 is 19.4 Å². The largest absolute Gasteiger partial charge is 0.480 e. The third-order valence-corrected chi connectivity index (χ3v) is 3.34. The zero-order valence-corrected chi connectivity index (χ0v) is 11.3. The topological polar surface area (TPSA) is 70.1 Å². The number of rotatable bonds is 5. The molecular formula is C12H22N2O4. The van der Waals surface area contributed by atoms with E-state index >= 15 is 0 Å². The number of amides is 2. The molecule has 0 bridgehead atoms. The van der Waals surface area contributed by atoms with Gasteiger partial charge in [0.25, 0.3) is 0 Å². The van der Waals surface area contributed by atoms with Crippen LogP contribution in [-0.2, 0) is 9.53 Å². The monoisotopic (exact) mass is 258 g/mol. The van der Waals surface area contributed by atoms with E-state index in [0.717, 1.165) is 19.4 Å². The smallest absolute Gasteiger partial charge is 0.326 e. The molecule has 1 N–H and O–H groups in total. The predicted octanol–water partition coefficient (Wildman–Crippen LogP) is 1.01. The van der Waals surface area contributed by atoms with Gasteiger partial charge < -0.3 is 19.6 Å². The van der Waals surface area contributed by atoms with Crippen molar-refractivity contribution in [1.29, 1.82) is 0 Å². The summed E-state index contributed by atoms with van der Waals surface area (Å²) in [6.45, 7) is 5.21. The molecule has 1 saturated heterocycles. The van der Waals surface area contributed by atoms with Crippen LogP contribution in [0.15, 0.2) is 0 Å². The van der Waals surface area contributed by atoms with Crippen LogP contribution in [0.3, 0.4) is 0 Å². The van der Waals surface area contributed by atoms with Gasteiger partial charge in [-0.15, -0.1) is 0 Å². The minimum absolute atomic E-state index is 0.0856. The average molecular weight is 258 g/mol. The van der Waals surface area contributed by atoms with Crippen LogP contribution in [0.25, 0.3) is 0 Å². The van der Waals surface area contributed by atoms with Crippen molar-refractivity contribution in [2.24, 2.45) is 0 Å². The van der Waals surface area contributed by atoms with E-state index in [0.29, 0.717) is 13.1 Å². The van der Waals surface area contributed by atoms with Crippen LogP contribution in [-0.4, -0.2) is 65.8 Å². The molecule has 1 rings (SSSR count). The molecule has 0 spiro atoms. The summed E-state index contributed by atoms with van der Waals surface area (Å²) in [4.78, 5) is 25.9. The first-order chi connectivity index (χ1) is 8.47. The van der Waals surface area contributed by atoms with Crippen molar-refractivity contribution in [3.05, 3.63) is 0 Å². The van der Waals surface area contributed by atoms with E-state index in [1.165, 1.54) is 18.9 Å². The lowest BCUT2D eigenvalue weighted by atomic mass is 10.2. The fourth-order valence-corrected chi connectivity index (χ4v) is 1.93. The number of aliphatic carboxylic acids is 1. The summed E-state index contributed by atoms with van der Waals surface area (Å²) in [7, 11) is 1.51. The lowest BCUT2D eigenvalue weighted by Crippen LogP contribution is -2.49. The number of carboxylic acids is 1. The summed E-state index contributed by atoms with van der Waals surface area (Å²) < 4.78 is 5.49. The SMILES string of the molecule is CCN(CC1CCCO1)C(=O)N(C)C(C)C(=O)O. The van der Waals surface area contributed by atoms with E-state index < -0.39 is 12.0 Å². The summed E-state index contributed by atoms with van der Waals surface area (Å²) in [6, 6.07) is -1.08. The highest BCUT2D eigenvalue weighted by Crippen LogP contribution is 2.14. The van der Waals surface area contributed by atoms with E-state index in [9.17, 15) is 9.59 Å². The second-order valence-electron chi connectivity index (χ2n) is 4.58. The molecule has 1 aliphatic rings. The molecule has 2 amide bonds. The molecule has 0 radical (unpaired) electrons. The van der Waals surface area contributed by atoms with Gasteiger partial charge in [-0.3, -0.25) is 0 Å². The molecule has 2 unspecified atom stereocenters. The van der Waals surface area contributed by atoms with Gasteiger partial charge in [-0.25, -0.2) is 9.59 Å². The van der Waals surface area contributed by atoms with Crippen LogP contribution in [0.5, 0.6) is 0 Å². The van der Waals surface area contributed by atoms with Crippen LogP contribution in [0.1, 0.15) is 26.7 Å². The van der Waals surface area contributed by atoms with Gasteiger partial charge in [-0.1, -0.05) is 0 Å². The van der Waals surface area contributed by atoms with Crippen LogP contribution in [0.4, 0.5) is 4.79 Å². The van der Waals surface area contributed by atoms with E-state index in [1.807, 2.05) is 6.92 Å². The number of urea groups is 1. The van der Waals surface area contributed by atoms with Crippen molar-refractivity contribution >= 4 is 12.0 Å². The van der Waals surface area contributed by atoms with E-state index in [1.54, 1.807) is 4.90 Å². The summed E-state index contributed by atoms with van der Waals surface area (Å²) in [5.74, 6) is -1.00. The third kappa shape index (κ3) is 3.60. The quantitative estimate of drug-likeness (QED) is 0.799. The minimum Gasteiger partial charge on any atom is -0.480 e. The van der Waals surface area contributed by atoms with Gasteiger partial charge in [-0.05, 0) is 26.7 Å². The molecule has 0 aliphatic carbocycles. The molecule has 104 valence electrons. The number of hydrogen-bond donors (Lipinski definition) is 1. The van der Waals surface area contributed by atoms with Crippen LogP contribution in [0, 0.1) is 0 Å². The predicted molar refractivity (Wildman–Crippen MR) is 66.5 cm³/mol. The maximum Gasteiger partial charge on any atom is 0.326 e. The Balaban J connectivity index is 2.57. The standard InChI is InChI=1S/C12H22N2O4/c1-4-14(8-10-6-5-7-18-10)12(17)13(3)9(2)11(15)16/h9-10H,4-8H2,1-3H3,(H,15,16). The van der Waals surface area contributed by atoms with Gasteiger partial charge in [0.1, 0.15) is 6.04 Å². The lowest BCUT2D eigenvalue weighted by molar-refractivity contribution is -0.141. The molecule has 0 saturated carbocycles. The lowest BCUT2D eigenvalue weighted by Gasteiger charge is -2.30. The second kappa shape index (κ2) is 6.58. The Hall–Kier alpha value is -1.30. The molecule has 2 atom stereocenters. The van der Waals surface area contributed by atoms with Gasteiger partial charge in [0, 0.05) is 26.7 Å². The van der Waals surface area contributed by atoms with E-state index in [2.05, 4.69) is 0 Å². The minimum atomic E-state index is -1.00. The molecule has 6 heteroatoms. The molecule has 0 aromatic carbocycles.